The number of carbonyl (C=O) groups is 1. The molecule has 0 saturated carbocycles. The average Bonchev–Trinajstić information content (AvgIpc) is 3.33. The largest absolute Gasteiger partial charge is 0.491 e. The van der Waals surface area contributed by atoms with E-state index in [-0.39, 0.29) is 12.3 Å². The van der Waals surface area contributed by atoms with E-state index in [1.165, 1.54) is 0 Å². The number of nitrogens with one attached hydrogen (secondary N) is 1. The summed E-state index contributed by atoms with van der Waals surface area (Å²) in [6.07, 6.45) is 1.90. The monoisotopic (exact) mass is 493 g/mol. The van der Waals surface area contributed by atoms with Gasteiger partial charge in [0.1, 0.15) is 12.4 Å². The van der Waals surface area contributed by atoms with E-state index in [2.05, 4.69) is 15.3 Å². The average molecular weight is 494 g/mol. The van der Waals surface area contributed by atoms with Crippen molar-refractivity contribution in [3.05, 3.63) is 96.4 Å². The second-order valence-electron chi connectivity index (χ2n) is 8.54. The van der Waals surface area contributed by atoms with Gasteiger partial charge in [0.25, 0.3) is 0 Å². The number of methoxy groups -OCH3 is 1. The lowest BCUT2D eigenvalue weighted by Gasteiger charge is -2.09. The minimum Gasteiger partial charge on any atom is -0.491 e. The van der Waals surface area contributed by atoms with Crippen LogP contribution in [0.25, 0.3) is 28.0 Å². The summed E-state index contributed by atoms with van der Waals surface area (Å²) in [6.45, 7) is 2.92. The molecule has 3 heterocycles. The van der Waals surface area contributed by atoms with Crippen LogP contribution in [0, 0.1) is 6.92 Å². The SMILES string of the molecule is COCCOc1ccc(NC(=O)Cc2cc(-c3ccnc4ccccc34)n(-c3cccc(C)n3)n2)cc1. The maximum atomic E-state index is 12.9. The molecule has 0 aliphatic heterocycles. The van der Waals surface area contributed by atoms with E-state index >= 15 is 0 Å². The van der Waals surface area contributed by atoms with E-state index in [0.29, 0.717) is 36.2 Å². The predicted molar refractivity (Wildman–Crippen MR) is 143 cm³/mol. The molecule has 2 aromatic carbocycles. The molecule has 0 atom stereocenters. The fourth-order valence-corrected chi connectivity index (χ4v) is 4.10. The highest BCUT2D eigenvalue weighted by molar-refractivity contribution is 5.95. The van der Waals surface area contributed by atoms with Gasteiger partial charge in [-0.3, -0.25) is 9.78 Å². The van der Waals surface area contributed by atoms with Crippen molar-refractivity contribution in [1.29, 1.82) is 0 Å². The number of hydrogen-bond acceptors (Lipinski definition) is 6. The van der Waals surface area contributed by atoms with Crippen molar-refractivity contribution in [2.24, 2.45) is 0 Å². The molecule has 1 N–H and O–H groups in total. The number of hydrogen-bond donors (Lipinski definition) is 1. The molecule has 0 saturated heterocycles. The molecule has 186 valence electrons. The Morgan fingerprint density at radius 1 is 0.973 bits per heavy atom. The molecule has 0 fully saturated rings. The first-order valence-electron chi connectivity index (χ1n) is 12.0. The maximum Gasteiger partial charge on any atom is 0.230 e. The van der Waals surface area contributed by atoms with Crippen LogP contribution < -0.4 is 10.1 Å². The van der Waals surface area contributed by atoms with Crippen molar-refractivity contribution in [3.63, 3.8) is 0 Å². The number of aryl methyl sites for hydroxylation is 1. The van der Waals surface area contributed by atoms with Gasteiger partial charge in [-0.1, -0.05) is 24.3 Å². The van der Waals surface area contributed by atoms with Gasteiger partial charge in [-0.15, -0.1) is 0 Å². The van der Waals surface area contributed by atoms with Gasteiger partial charge < -0.3 is 14.8 Å². The van der Waals surface area contributed by atoms with Gasteiger partial charge >= 0.3 is 0 Å². The second-order valence-corrected chi connectivity index (χ2v) is 8.54. The van der Waals surface area contributed by atoms with E-state index in [1.807, 2.05) is 85.8 Å². The van der Waals surface area contributed by atoms with Crippen LogP contribution in [0.1, 0.15) is 11.4 Å². The van der Waals surface area contributed by atoms with Gasteiger partial charge in [0.15, 0.2) is 5.82 Å². The molecule has 37 heavy (non-hydrogen) atoms. The number of aromatic nitrogens is 4. The summed E-state index contributed by atoms with van der Waals surface area (Å²) in [5, 5.41) is 8.72. The highest BCUT2D eigenvalue weighted by Gasteiger charge is 2.17. The molecular formula is C29H27N5O3. The van der Waals surface area contributed by atoms with Gasteiger partial charge in [-0.05, 0) is 61.5 Å². The molecule has 0 aliphatic rings. The number of fused-ring (bicyclic) bond motifs is 1. The Balaban J connectivity index is 1.42. The minimum atomic E-state index is -0.166. The number of ether oxygens (including phenoxy) is 2. The quantitative estimate of drug-likeness (QED) is 0.291. The molecule has 8 nitrogen and oxygen atoms in total. The maximum absolute atomic E-state index is 12.9. The van der Waals surface area contributed by atoms with Crippen LogP contribution in [-0.2, 0) is 16.0 Å². The van der Waals surface area contributed by atoms with Crippen molar-refractivity contribution < 1.29 is 14.3 Å². The molecule has 8 heteroatoms. The lowest BCUT2D eigenvalue weighted by atomic mass is 10.1. The highest BCUT2D eigenvalue weighted by Crippen LogP contribution is 2.30. The third kappa shape index (κ3) is 5.65. The molecule has 0 spiro atoms. The van der Waals surface area contributed by atoms with Crippen molar-refractivity contribution in [2.75, 3.05) is 25.6 Å². The number of para-hydroxylation sites is 1. The third-order valence-electron chi connectivity index (χ3n) is 5.81. The highest BCUT2D eigenvalue weighted by atomic mass is 16.5. The Kier molecular flexibility index (Phi) is 7.19. The molecule has 1 amide bonds. The molecular weight excluding hydrogens is 466 g/mol. The minimum absolute atomic E-state index is 0.112. The van der Waals surface area contributed by atoms with Crippen LogP contribution in [0.5, 0.6) is 5.75 Å². The lowest BCUT2D eigenvalue weighted by molar-refractivity contribution is -0.115. The number of rotatable bonds is 9. The topological polar surface area (TPSA) is 91.2 Å². The molecule has 0 radical (unpaired) electrons. The van der Waals surface area contributed by atoms with Gasteiger partial charge in [0.05, 0.1) is 29.9 Å². The number of nitrogens with zero attached hydrogens (tertiary/aromatic N) is 4. The van der Waals surface area contributed by atoms with E-state index in [4.69, 9.17) is 14.6 Å². The fourth-order valence-electron chi connectivity index (χ4n) is 4.10. The third-order valence-corrected chi connectivity index (χ3v) is 5.81. The standard InChI is InChI=1S/C29H27N5O3/c1-20-6-5-9-28(31-20)34-27(25-14-15-30-26-8-4-3-7-24(25)26)18-22(33-34)19-29(35)32-21-10-12-23(13-11-21)37-17-16-36-2/h3-15,18H,16-17,19H2,1-2H3,(H,32,35). The summed E-state index contributed by atoms with van der Waals surface area (Å²) in [4.78, 5) is 22.1. The molecule has 0 bridgehead atoms. The number of anilines is 1. The summed E-state index contributed by atoms with van der Waals surface area (Å²) in [5.41, 5.74) is 4.90. The number of carbonyl (C=O) groups excluding carboxylic acids is 1. The summed E-state index contributed by atoms with van der Waals surface area (Å²) in [7, 11) is 1.63. The first-order valence-corrected chi connectivity index (χ1v) is 12.0. The molecule has 3 aromatic heterocycles. The Labute approximate surface area is 214 Å². The van der Waals surface area contributed by atoms with E-state index in [9.17, 15) is 4.79 Å². The molecule has 5 rings (SSSR count). The number of amides is 1. The summed E-state index contributed by atoms with van der Waals surface area (Å²) in [6, 6.07) is 24.9. The van der Waals surface area contributed by atoms with Crippen molar-refractivity contribution >= 4 is 22.5 Å². The van der Waals surface area contributed by atoms with Gasteiger partial charge in [-0.2, -0.15) is 5.10 Å². The first kappa shape index (κ1) is 24.1. The van der Waals surface area contributed by atoms with Crippen molar-refractivity contribution in [3.8, 4) is 22.8 Å². The van der Waals surface area contributed by atoms with E-state index in [1.54, 1.807) is 18.0 Å². The van der Waals surface area contributed by atoms with Crippen molar-refractivity contribution in [1.82, 2.24) is 19.7 Å². The summed E-state index contributed by atoms with van der Waals surface area (Å²) >= 11 is 0. The first-order chi connectivity index (χ1) is 18.1. The van der Waals surface area contributed by atoms with Gasteiger partial charge in [0.2, 0.25) is 5.91 Å². The molecule has 5 aromatic rings. The van der Waals surface area contributed by atoms with Crippen molar-refractivity contribution in [2.45, 2.75) is 13.3 Å². The van der Waals surface area contributed by atoms with Crippen LogP contribution in [0.2, 0.25) is 0 Å². The smallest absolute Gasteiger partial charge is 0.230 e. The second kappa shape index (κ2) is 11.0. The zero-order valence-electron chi connectivity index (χ0n) is 20.7. The van der Waals surface area contributed by atoms with Crippen LogP contribution in [0.15, 0.2) is 85.1 Å². The Morgan fingerprint density at radius 3 is 2.62 bits per heavy atom. The molecule has 0 aliphatic carbocycles. The zero-order chi connectivity index (χ0) is 25.6. The van der Waals surface area contributed by atoms with Crippen LogP contribution in [0.4, 0.5) is 5.69 Å². The van der Waals surface area contributed by atoms with Gasteiger partial charge in [-0.25, -0.2) is 9.67 Å². The fraction of sp³-hybridized carbons (Fsp3) is 0.172. The van der Waals surface area contributed by atoms with E-state index < -0.39 is 0 Å². The summed E-state index contributed by atoms with van der Waals surface area (Å²) < 4.78 is 12.4. The van der Waals surface area contributed by atoms with E-state index in [0.717, 1.165) is 27.9 Å². The van der Waals surface area contributed by atoms with Crippen LogP contribution in [-0.4, -0.2) is 46.0 Å². The Hall–Kier alpha value is -4.56. The van der Waals surface area contributed by atoms with Gasteiger partial charge in [0, 0.05) is 35.6 Å². The summed E-state index contributed by atoms with van der Waals surface area (Å²) in [5.74, 6) is 1.24. The van der Waals surface area contributed by atoms with Crippen LogP contribution >= 0.6 is 0 Å². The Bertz CT molecular complexity index is 1520. The number of pyridine rings is 2. The number of benzene rings is 2. The normalized spacial score (nSPS) is 11.0. The van der Waals surface area contributed by atoms with Crippen LogP contribution in [0.3, 0.4) is 0 Å². The zero-order valence-corrected chi connectivity index (χ0v) is 20.7. The predicted octanol–water partition coefficient (Wildman–Crippen LogP) is 5.00. The molecule has 0 unspecified atom stereocenters. The Morgan fingerprint density at radius 2 is 1.81 bits per heavy atom. The lowest BCUT2D eigenvalue weighted by Crippen LogP contribution is -2.15.